The first-order chi connectivity index (χ1) is 11.4. The van der Waals surface area contributed by atoms with Crippen LogP contribution in [0, 0.1) is 22.7 Å². The maximum Gasteiger partial charge on any atom is 0.230 e. The molecule has 8 heteroatoms. The number of rotatable bonds is 4. The molecule has 0 aliphatic heterocycles. The number of pyridine rings is 1. The van der Waals surface area contributed by atoms with Crippen LogP contribution in [0.1, 0.15) is 18.1 Å². The minimum absolute atomic E-state index is 0.0226. The highest BCUT2D eigenvalue weighted by Crippen LogP contribution is 2.37. The number of halogens is 1. The van der Waals surface area contributed by atoms with Crippen molar-refractivity contribution in [1.29, 1.82) is 10.5 Å². The molecular weight excluding hydrogens is 346 g/mol. The van der Waals surface area contributed by atoms with Gasteiger partial charge in [-0.25, -0.2) is 4.98 Å². The number of primary amides is 1. The third-order valence-electron chi connectivity index (χ3n) is 3.22. The molecule has 120 valence electrons. The molecule has 24 heavy (non-hydrogen) atoms. The molecule has 1 heterocycles. The number of nitrogens with two attached hydrogens (primary N) is 2. The van der Waals surface area contributed by atoms with Crippen molar-refractivity contribution in [2.75, 3.05) is 5.73 Å². The number of anilines is 1. The first-order valence-electron chi connectivity index (χ1n) is 6.74. The molecule has 1 atom stereocenters. The van der Waals surface area contributed by atoms with Crippen molar-refractivity contribution in [2.24, 2.45) is 5.73 Å². The second-order valence-corrected chi connectivity index (χ2v) is 6.59. The largest absolute Gasteiger partial charge is 0.383 e. The maximum absolute atomic E-state index is 11.3. The smallest absolute Gasteiger partial charge is 0.230 e. The minimum atomic E-state index is -0.607. The molecule has 6 nitrogen and oxygen atoms in total. The van der Waals surface area contributed by atoms with Crippen LogP contribution in [0.15, 0.2) is 29.3 Å². The summed E-state index contributed by atoms with van der Waals surface area (Å²) in [7, 11) is 0. The Kier molecular flexibility index (Phi) is 5.30. The summed E-state index contributed by atoms with van der Waals surface area (Å²) in [5.41, 5.74) is 12.3. The first-order valence-corrected chi connectivity index (χ1v) is 8.00. The van der Waals surface area contributed by atoms with E-state index < -0.39 is 11.2 Å². The van der Waals surface area contributed by atoms with E-state index in [1.54, 1.807) is 31.2 Å². The maximum atomic E-state index is 11.3. The molecule has 0 fully saturated rings. The molecule has 2 rings (SSSR count). The Hall–Kier alpha value is -2.74. The lowest BCUT2D eigenvalue weighted by Crippen LogP contribution is -2.23. The zero-order valence-corrected chi connectivity index (χ0v) is 14.1. The summed E-state index contributed by atoms with van der Waals surface area (Å²) in [6, 6.07) is 10.7. The number of nitrogen functional groups attached to an aromatic ring is 1. The van der Waals surface area contributed by atoms with Crippen molar-refractivity contribution in [3.8, 4) is 23.3 Å². The van der Waals surface area contributed by atoms with Crippen LogP contribution in [0.25, 0.3) is 11.1 Å². The van der Waals surface area contributed by atoms with E-state index in [1.807, 2.05) is 12.1 Å². The van der Waals surface area contributed by atoms with Crippen molar-refractivity contribution < 1.29 is 4.79 Å². The van der Waals surface area contributed by atoms with Gasteiger partial charge in [-0.2, -0.15) is 10.5 Å². The molecule has 2 aromatic rings. The zero-order chi connectivity index (χ0) is 17.9. The number of aromatic nitrogens is 1. The Morgan fingerprint density at radius 1 is 1.33 bits per heavy atom. The van der Waals surface area contributed by atoms with E-state index in [0.29, 0.717) is 16.1 Å². The quantitative estimate of drug-likeness (QED) is 0.809. The Labute approximate surface area is 148 Å². The number of thioether (sulfide) groups is 1. The molecule has 0 aliphatic carbocycles. The van der Waals surface area contributed by atoms with Crippen molar-refractivity contribution in [2.45, 2.75) is 17.2 Å². The lowest BCUT2D eigenvalue weighted by Gasteiger charge is -2.14. The Morgan fingerprint density at radius 3 is 2.54 bits per heavy atom. The number of amides is 1. The Balaban J connectivity index is 2.77. The fourth-order valence-electron chi connectivity index (χ4n) is 2.04. The van der Waals surface area contributed by atoms with Gasteiger partial charge in [-0.3, -0.25) is 4.79 Å². The lowest BCUT2D eigenvalue weighted by atomic mass is 9.97. The highest BCUT2D eigenvalue weighted by molar-refractivity contribution is 8.00. The van der Waals surface area contributed by atoms with Crippen molar-refractivity contribution in [3.05, 3.63) is 40.4 Å². The summed E-state index contributed by atoms with van der Waals surface area (Å²) in [6.45, 7) is 1.60. The van der Waals surface area contributed by atoms with E-state index in [4.69, 9.17) is 23.1 Å². The molecule has 1 unspecified atom stereocenters. The number of hydrogen-bond donors (Lipinski definition) is 2. The van der Waals surface area contributed by atoms with Crippen LogP contribution in [-0.4, -0.2) is 16.1 Å². The molecule has 4 N–H and O–H groups in total. The number of hydrogen-bond acceptors (Lipinski definition) is 6. The number of benzene rings is 1. The minimum Gasteiger partial charge on any atom is -0.383 e. The predicted molar refractivity (Wildman–Crippen MR) is 93.0 cm³/mol. The van der Waals surface area contributed by atoms with Gasteiger partial charge in [0.05, 0.1) is 10.8 Å². The van der Waals surface area contributed by atoms with Crippen LogP contribution < -0.4 is 11.5 Å². The third kappa shape index (κ3) is 3.43. The van der Waals surface area contributed by atoms with Gasteiger partial charge in [0, 0.05) is 10.6 Å². The number of carbonyl (C=O) groups is 1. The highest BCUT2D eigenvalue weighted by Gasteiger charge is 2.23. The monoisotopic (exact) mass is 357 g/mol. The second kappa shape index (κ2) is 7.22. The van der Waals surface area contributed by atoms with Gasteiger partial charge in [0.2, 0.25) is 5.91 Å². The van der Waals surface area contributed by atoms with Crippen LogP contribution in [0.5, 0.6) is 0 Å². The van der Waals surface area contributed by atoms with E-state index in [-0.39, 0.29) is 22.0 Å². The molecule has 0 saturated carbocycles. The van der Waals surface area contributed by atoms with Gasteiger partial charge >= 0.3 is 0 Å². The average Bonchev–Trinajstić information content (AvgIpc) is 2.54. The zero-order valence-electron chi connectivity index (χ0n) is 12.6. The summed E-state index contributed by atoms with van der Waals surface area (Å²) in [5.74, 6) is -0.566. The van der Waals surface area contributed by atoms with Crippen LogP contribution in [0.3, 0.4) is 0 Å². The van der Waals surface area contributed by atoms with Crippen LogP contribution in [0.4, 0.5) is 5.82 Å². The van der Waals surface area contributed by atoms with E-state index >= 15 is 0 Å². The SMILES string of the molecule is CC(Sc1nc(N)c(C#N)c(-c2cccc(Cl)c2)c1C#N)C(N)=O. The van der Waals surface area contributed by atoms with Gasteiger partial charge in [-0.15, -0.1) is 0 Å². The fourth-order valence-corrected chi connectivity index (χ4v) is 3.10. The van der Waals surface area contributed by atoms with E-state index in [2.05, 4.69) is 4.98 Å². The predicted octanol–water partition coefficient (Wildman–Crippen LogP) is 2.69. The molecule has 1 aromatic carbocycles. The van der Waals surface area contributed by atoms with Crippen molar-refractivity contribution in [3.63, 3.8) is 0 Å². The summed E-state index contributed by atoms with van der Waals surface area (Å²) < 4.78 is 0. The van der Waals surface area contributed by atoms with Crippen LogP contribution in [-0.2, 0) is 4.79 Å². The van der Waals surface area contributed by atoms with Gasteiger partial charge < -0.3 is 11.5 Å². The molecule has 0 aliphatic rings. The number of nitrogens with zero attached hydrogens (tertiary/aromatic N) is 3. The Bertz CT molecular complexity index is 901. The fraction of sp³-hybridized carbons (Fsp3) is 0.125. The van der Waals surface area contributed by atoms with Crippen LogP contribution in [0.2, 0.25) is 5.02 Å². The molecule has 1 amide bonds. The second-order valence-electron chi connectivity index (χ2n) is 4.82. The summed E-state index contributed by atoms with van der Waals surface area (Å²) in [5, 5.41) is 19.1. The molecule has 0 spiro atoms. The molecule has 0 bridgehead atoms. The van der Waals surface area contributed by atoms with Crippen molar-refractivity contribution in [1.82, 2.24) is 4.98 Å². The average molecular weight is 358 g/mol. The van der Waals surface area contributed by atoms with E-state index in [1.165, 1.54) is 0 Å². The van der Waals surface area contributed by atoms with Crippen LogP contribution >= 0.6 is 23.4 Å². The van der Waals surface area contributed by atoms with E-state index in [0.717, 1.165) is 11.8 Å². The van der Waals surface area contributed by atoms with E-state index in [9.17, 15) is 15.3 Å². The molecule has 1 aromatic heterocycles. The van der Waals surface area contributed by atoms with Crippen molar-refractivity contribution >= 4 is 35.1 Å². The van der Waals surface area contributed by atoms with Gasteiger partial charge in [0.15, 0.2) is 0 Å². The number of carbonyl (C=O) groups excluding carboxylic acids is 1. The molecular formula is C16H12ClN5OS. The summed E-state index contributed by atoms with van der Waals surface area (Å²) >= 11 is 7.03. The van der Waals surface area contributed by atoms with Gasteiger partial charge in [-0.05, 0) is 24.6 Å². The van der Waals surface area contributed by atoms with Gasteiger partial charge in [-0.1, -0.05) is 35.5 Å². The lowest BCUT2D eigenvalue weighted by molar-refractivity contribution is -0.117. The van der Waals surface area contributed by atoms with Gasteiger partial charge in [0.25, 0.3) is 0 Å². The molecule has 0 radical (unpaired) electrons. The highest BCUT2D eigenvalue weighted by atomic mass is 35.5. The first kappa shape index (κ1) is 17.6. The number of nitriles is 2. The topological polar surface area (TPSA) is 130 Å². The summed E-state index contributed by atoms with van der Waals surface area (Å²) in [6.07, 6.45) is 0. The summed E-state index contributed by atoms with van der Waals surface area (Å²) in [4.78, 5) is 15.4. The standard InChI is InChI=1S/C16H12ClN5OS/c1-8(15(21)23)24-16-12(7-19)13(11(6-18)14(20)22-16)9-3-2-4-10(17)5-9/h2-5,8H,1H3,(H2,20,22)(H2,21,23). The third-order valence-corrected chi connectivity index (χ3v) is 4.56. The molecule has 0 saturated heterocycles. The van der Waals surface area contributed by atoms with Gasteiger partial charge in [0.1, 0.15) is 28.5 Å². The normalized spacial score (nSPS) is 11.3. The Morgan fingerprint density at radius 2 is 2.00 bits per heavy atom.